The van der Waals surface area contributed by atoms with Crippen molar-refractivity contribution >= 4 is 22.8 Å². The van der Waals surface area contributed by atoms with Crippen molar-refractivity contribution < 1.29 is 9.59 Å². The number of benzene rings is 1. The molecular weight excluding hydrogens is 320 g/mol. The molecule has 0 unspecified atom stereocenters. The van der Waals surface area contributed by atoms with Gasteiger partial charge in [-0.1, -0.05) is 12.8 Å². The summed E-state index contributed by atoms with van der Waals surface area (Å²) in [5, 5.41) is 5.34. The molecular formula is C18H24N4O3. The third kappa shape index (κ3) is 3.45. The number of rotatable bonds is 5. The maximum Gasteiger partial charge on any atom is 0.326 e. The van der Waals surface area contributed by atoms with E-state index in [9.17, 15) is 14.4 Å². The third-order valence-electron chi connectivity index (χ3n) is 4.76. The van der Waals surface area contributed by atoms with E-state index in [-0.39, 0.29) is 23.5 Å². The van der Waals surface area contributed by atoms with E-state index in [1.54, 1.807) is 29.7 Å². The molecule has 1 aliphatic rings. The molecule has 2 amide bonds. The van der Waals surface area contributed by atoms with Crippen LogP contribution in [0.1, 0.15) is 55.9 Å². The summed E-state index contributed by atoms with van der Waals surface area (Å²) >= 11 is 0. The van der Waals surface area contributed by atoms with E-state index in [1.807, 2.05) is 6.92 Å². The first-order valence-corrected chi connectivity index (χ1v) is 8.84. The average molecular weight is 344 g/mol. The van der Waals surface area contributed by atoms with E-state index in [2.05, 4.69) is 15.6 Å². The van der Waals surface area contributed by atoms with Crippen LogP contribution in [0.4, 0.5) is 0 Å². The molecule has 25 heavy (non-hydrogen) atoms. The van der Waals surface area contributed by atoms with Gasteiger partial charge in [-0.05, 0) is 44.9 Å². The third-order valence-corrected chi connectivity index (χ3v) is 4.76. The Labute approximate surface area is 145 Å². The van der Waals surface area contributed by atoms with E-state index in [0.29, 0.717) is 17.6 Å². The second kappa shape index (κ2) is 7.13. The quantitative estimate of drug-likeness (QED) is 0.770. The number of imidazole rings is 1. The molecule has 7 heteroatoms. The summed E-state index contributed by atoms with van der Waals surface area (Å²) in [4.78, 5) is 39.2. The van der Waals surface area contributed by atoms with Gasteiger partial charge in [-0.15, -0.1) is 0 Å². The number of hydrogen-bond acceptors (Lipinski definition) is 3. The van der Waals surface area contributed by atoms with Crippen molar-refractivity contribution in [1.29, 1.82) is 0 Å². The van der Waals surface area contributed by atoms with Gasteiger partial charge in [0.1, 0.15) is 6.04 Å². The number of nitrogens with zero attached hydrogens (tertiary/aromatic N) is 1. The Kier molecular flexibility index (Phi) is 4.92. The highest BCUT2D eigenvalue weighted by atomic mass is 16.2. The second-order valence-corrected chi connectivity index (χ2v) is 6.56. The first-order chi connectivity index (χ1) is 12.0. The van der Waals surface area contributed by atoms with Crippen LogP contribution in [0.3, 0.4) is 0 Å². The predicted molar refractivity (Wildman–Crippen MR) is 95.7 cm³/mol. The summed E-state index contributed by atoms with van der Waals surface area (Å²) in [5.74, 6) is -0.562. The molecule has 134 valence electrons. The summed E-state index contributed by atoms with van der Waals surface area (Å²) in [5.41, 5.74) is 1.76. The van der Waals surface area contributed by atoms with Gasteiger partial charge in [0, 0.05) is 18.2 Å². The zero-order chi connectivity index (χ0) is 18.0. The van der Waals surface area contributed by atoms with Crippen LogP contribution in [0.5, 0.6) is 0 Å². The fourth-order valence-electron chi connectivity index (χ4n) is 3.47. The van der Waals surface area contributed by atoms with Crippen LogP contribution in [-0.2, 0) is 4.79 Å². The Morgan fingerprint density at radius 3 is 2.72 bits per heavy atom. The number of likely N-dealkylation sites (N-methyl/N-ethyl adjacent to an activating group) is 1. The molecule has 0 spiro atoms. The van der Waals surface area contributed by atoms with E-state index in [0.717, 1.165) is 31.2 Å². The summed E-state index contributed by atoms with van der Waals surface area (Å²) in [6, 6.07) is 4.78. The SMILES string of the molecule is CCNC(=O)[C@H](C)NC(=O)c1ccc2c(c1)[nH]c(=O)n2C1CCCC1. The smallest absolute Gasteiger partial charge is 0.326 e. The lowest BCUT2D eigenvalue weighted by Crippen LogP contribution is -2.44. The zero-order valence-electron chi connectivity index (χ0n) is 14.6. The van der Waals surface area contributed by atoms with Gasteiger partial charge in [-0.2, -0.15) is 0 Å². The molecule has 0 aliphatic heterocycles. The number of aromatic amines is 1. The number of amides is 2. The molecule has 1 fully saturated rings. The summed E-state index contributed by atoms with van der Waals surface area (Å²) in [6.07, 6.45) is 4.31. The standard InChI is InChI=1S/C18H24N4O3/c1-3-19-16(23)11(2)20-17(24)12-8-9-15-14(10-12)21-18(25)22(15)13-6-4-5-7-13/h8-11,13H,3-7H2,1-2H3,(H,19,23)(H,20,24)(H,21,25)/t11-/m0/s1. The van der Waals surface area contributed by atoms with Crippen molar-refractivity contribution in [1.82, 2.24) is 20.2 Å². The highest BCUT2D eigenvalue weighted by molar-refractivity contribution is 5.99. The number of nitrogens with one attached hydrogen (secondary N) is 3. The second-order valence-electron chi connectivity index (χ2n) is 6.56. The lowest BCUT2D eigenvalue weighted by molar-refractivity contribution is -0.122. The number of carbonyl (C=O) groups excluding carboxylic acids is 2. The largest absolute Gasteiger partial charge is 0.355 e. The Morgan fingerprint density at radius 2 is 2.04 bits per heavy atom. The minimum atomic E-state index is -0.620. The van der Waals surface area contributed by atoms with Crippen LogP contribution in [0.15, 0.2) is 23.0 Å². The first-order valence-electron chi connectivity index (χ1n) is 8.84. The molecule has 0 radical (unpaired) electrons. The molecule has 0 saturated heterocycles. The first kappa shape index (κ1) is 17.3. The highest BCUT2D eigenvalue weighted by Crippen LogP contribution is 2.30. The van der Waals surface area contributed by atoms with Crippen LogP contribution in [-0.4, -0.2) is 34.0 Å². The molecule has 7 nitrogen and oxygen atoms in total. The molecule has 1 aromatic heterocycles. The lowest BCUT2D eigenvalue weighted by Gasteiger charge is -2.14. The van der Waals surface area contributed by atoms with Gasteiger partial charge in [0.2, 0.25) is 5.91 Å². The van der Waals surface area contributed by atoms with Gasteiger partial charge >= 0.3 is 5.69 Å². The maximum atomic E-state index is 12.4. The number of H-pyrrole nitrogens is 1. The number of fused-ring (bicyclic) bond motifs is 1. The van der Waals surface area contributed by atoms with E-state index < -0.39 is 6.04 Å². The van der Waals surface area contributed by atoms with Crippen molar-refractivity contribution in [3.8, 4) is 0 Å². The Balaban J connectivity index is 1.83. The van der Waals surface area contributed by atoms with E-state index >= 15 is 0 Å². The van der Waals surface area contributed by atoms with Gasteiger partial charge in [0.05, 0.1) is 11.0 Å². The van der Waals surface area contributed by atoms with E-state index in [4.69, 9.17) is 0 Å². The number of aromatic nitrogens is 2. The van der Waals surface area contributed by atoms with Gasteiger partial charge < -0.3 is 15.6 Å². The Morgan fingerprint density at radius 1 is 1.32 bits per heavy atom. The molecule has 1 aliphatic carbocycles. The summed E-state index contributed by atoms with van der Waals surface area (Å²) in [7, 11) is 0. The zero-order valence-corrected chi connectivity index (χ0v) is 14.6. The van der Waals surface area contributed by atoms with Crippen molar-refractivity contribution in [2.75, 3.05) is 6.54 Å². The van der Waals surface area contributed by atoms with Crippen molar-refractivity contribution in [3.05, 3.63) is 34.2 Å². The van der Waals surface area contributed by atoms with Crippen LogP contribution in [0.2, 0.25) is 0 Å². The van der Waals surface area contributed by atoms with Crippen LogP contribution < -0.4 is 16.3 Å². The molecule has 1 saturated carbocycles. The van der Waals surface area contributed by atoms with Gasteiger partial charge in [-0.3, -0.25) is 14.2 Å². The van der Waals surface area contributed by atoms with Gasteiger partial charge in [0.15, 0.2) is 0 Å². The summed E-state index contributed by atoms with van der Waals surface area (Å²) < 4.78 is 1.81. The number of carbonyl (C=O) groups is 2. The van der Waals surface area contributed by atoms with Gasteiger partial charge in [0.25, 0.3) is 5.91 Å². The topological polar surface area (TPSA) is 96.0 Å². The van der Waals surface area contributed by atoms with Crippen molar-refractivity contribution in [3.63, 3.8) is 0 Å². The lowest BCUT2D eigenvalue weighted by atomic mass is 10.1. The molecule has 3 rings (SSSR count). The molecule has 1 aromatic carbocycles. The fraction of sp³-hybridized carbons (Fsp3) is 0.500. The van der Waals surface area contributed by atoms with Crippen molar-refractivity contribution in [2.24, 2.45) is 0 Å². The molecule has 1 heterocycles. The predicted octanol–water partition coefficient (Wildman–Crippen LogP) is 1.70. The molecule has 1 atom stereocenters. The Hall–Kier alpha value is -2.57. The summed E-state index contributed by atoms with van der Waals surface area (Å²) in [6.45, 7) is 3.98. The average Bonchev–Trinajstić information content (AvgIpc) is 3.20. The molecule has 2 aromatic rings. The fourth-order valence-corrected chi connectivity index (χ4v) is 3.47. The van der Waals surface area contributed by atoms with Crippen LogP contribution in [0, 0.1) is 0 Å². The molecule has 0 bridgehead atoms. The van der Waals surface area contributed by atoms with E-state index in [1.165, 1.54) is 0 Å². The minimum Gasteiger partial charge on any atom is -0.355 e. The normalized spacial score (nSPS) is 16.1. The highest BCUT2D eigenvalue weighted by Gasteiger charge is 2.22. The van der Waals surface area contributed by atoms with Crippen LogP contribution >= 0.6 is 0 Å². The van der Waals surface area contributed by atoms with Gasteiger partial charge in [-0.25, -0.2) is 4.79 Å². The monoisotopic (exact) mass is 344 g/mol. The van der Waals surface area contributed by atoms with Crippen molar-refractivity contribution in [2.45, 2.75) is 51.6 Å². The van der Waals surface area contributed by atoms with Crippen LogP contribution in [0.25, 0.3) is 11.0 Å². The number of hydrogen-bond donors (Lipinski definition) is 3. The molecule has 3 N–H and O–H groups in total. The Bertz CT molecular complexity index is 846. The minimum absolute atomic E-state index is 0.129. The maximum absolute atomic E-state index is 12.4.